The number of halogens is 1. The van der Waals surface area contributed by atoms with Crippen molar-refractivity contribution >= 4 is 62.9 Å². The summed E-state index contributed by atoms with van der Waals surface area (Å²) in [5, 5.41) is 40.0. The molecule has 0 spiro atoms. The van der Waals surface area contributed by atoms with Gasteiger partial charge in [-0.3, -0.25) is 38.6 Å². The Bertz CT molecular complexity index is 2260. The van der Waals surface area contributed by atoms with Crippen molar-refractivity contribution in [3.8, 4) is 0 Å². The summed E-state index contributed by atoms with van der Waals surface area (Å²) < 4.78 is 5.02. The predicted octanol–water partition coefficient (Wildman–Crippen LogP) is 3.74. The van der Waals surface area contributed by atoms with E-state index in [-0.39, 0.29) is 42.3 Å². The molecule has 0 bridgehead atoms. The van der Waals surface area contributed by atoms with Gasteiger partial charge in [0.25, 0.3) is 0 Å². The molecule has 0 aliphatic carbocycles. The first-order valence-electron chi connectivity index (χ1n) is 18.9. The first kappa shape index (κ1) is 38.6. The number of rotatable bonds is 11. The summed E-state index contributed by atoms with van der Waals surface area (Å²) in [6.45, 7) is 11.0. The predicted molar refractivity (Wildman–Crippen MR) is 214 cm³/mol. The Kier molecular flexibility index (Phi) is 10.3. The number of carbonyl (C=O) groups is 2. The van der Waals surface area contributed by atoms with E-state index in [0.29, 0.717) is 59.1 Å². The van der Waals surface area contributed by atoms with Gasteiger partial charge in [-0.1, -0.05) is 18.5 Å². The number of benzene rings is 2. The summed E-state index contributed by atoms with van der Waals surface area (Å²) >= 11 is 6.66. The molecule has 4 atom stereocenters. The number of imide groups is 1. The molecule has 0 radical (unpaired) electrons. The molecule has 2 aromatic heterocycles. The lowest BCUT2D eigenvalue weighted by molar-refractivity contribution is -0.134. The van der Waals surface area contributed by atoms with Gasteiger partial charge in [-0.25, -0.2) is 4.79 Å². The number of hydrogen-bond acceptors (Lipinski definition) is 11. The smallest absolute Gasteiger partial charge is 0.329 e. The van der Waals surface area contributed by atoms with Crippen LogP contribution in [-0.2, 0) is 29.7 Å². The molecule has 2 saturated heterocycles. The van der Waals surface area contributed by atoms with Crippen LogP contribution in [-0.4, -0.2) is 88.7 Å². The normalized spacial score (nSPS) is 22.7. The zero-order valence-electron chi connectivity index (χ0n) is 32.2. The third-order valence-electron chi connectivity index (χ3n) is 10.7. The summed E-state index contributed by atoms with van der Waals surface area (Å²) in [5.41, 5.74) is 2.37. The van der Waals surface area contributed by atoms with E-state index in [1.807, 2.05) is 37.4 Å². The van der Waals surface area contributed by atoms with Crippen LogP contribution in [0.3, 0.4) is 0 Å². The summed E-state index contributed by atoms with van der Waals surface area (Å²) in [6, 6.07) is 11.9. The molecular formula is C39H51ClN10O5. The standard InChI is InChI=1S/C39H51ClN10O5/c1-22-20-48(15-13-28(22)42-23-7-9-25-30(17-23)47(6)46-33(25)26-10-12-32(51)44-35(26)52)36-41-19-27(40)34(45-36)43-24-8-11-29-31(18-24)49(16-14-38(2,3)54)37(53)50(29)21-39(4,5)55/h7-9,11,17-19,22,26,28,36,42-43,45,54-55H,10,12-16,20-21H2,1-6H3,(H,44,51,52)/t22-,26?,28-,36?/m1/s1. The number of aryl methyl sites for hydroxylation is 2. The van der Waals surface area contributed by atoms with Crippen LogP contribution >= 0.6 is 11.6 Å². The fraction of sp³-hybridized carbons (Fsp3) is 0.513. The van der Waals surface area contributed by atoms with Crippen molar-refractivity contribution in [1.29, 1.82) is 0 Å². The second-order valence-corrected chi connectivity index (χ2v) is 16.9. The zero-order valence-corrected chi connectivity index (χ0v) is 32.9. The number of aliphatic imine (C=N–C) groups is 1. The first-order valence-corrected chi connectivity index (χ1v) is 19.3. The molecule has 16 heteroatoms. The highest BCUT2D eigenvalue weighted by atomic mass is 35.5. The topological polar surface area (TPSA) is 183 Å². The van der Waals surface area contributed by atoms with Crippen LogP contribution in [0.25, 0.3) is 21.9 Å². The molecule has 7 rings (SSSR count). The van der Waals surface area contributed by atoms with Gasteiger partial charge in [-0.15, -0.1) is 0 Å². The molecule has 2 fully saturated rings. The Hall–Kier alpha value is -4.70. The fourth-order valence-electron chi connectivity index (χ4n) is 7.82. The molecule has 5 heterocycles. The second kappa shape index (κ2) is 14.8. The highest BCUT2D eigenvalue weighted by Gasteiger charge is 2.34. The average molecular weight is 775 g/mol. The van der Waals surface area contributed by atoms with Gasteiger partial charge in [-0.05, 0) is 89.3 Å². The lowest BCUT2D eigenvalue weighted by atomic mass is 9.92. The molecule has 2 unspecified atom stereocenters. The molecule has 3 aliphatic heterocycles. The Morgan fingerprint density at radius 2 is 1.71 bits per heavy atom. The van der Waals surface area contributed by atoms with Gasteiger partial charge in [0.1, 0.15) is 5.82 Å². The third-order valence-corrected chi connectivity index (χ3v) is 11.0. The number of piperidine rings is 2. The number of allylic oxidation sites excluding steroid dienone is 1. The Morgan fingerprint density at radius 3 is 2.42 bits per heavy atom. The van der Waals surface area contributed by atoms with E-state index in [0.717, 1.165) is 36.1 Å². The molecule has 15 nitrogen and oxygen atoms in total. The maximum absolute atomic E-state index is 13.6. The number of carbonyl (C=O) groups excluding carboxylic acids is 2. The van der Waals surface area contributed by atoms with Gasteiger partial charge in [0.05, 0.1) is 50.9 Å². The maximum atomic E-state index is 13.6. The fourth-order valence-corrected chi connectivity index (χ4v) is 7.97. The van der Waals surface area contributed by atoms with E-state index in [1.54, 1.807) is 47.7 Å². The van der Waals surface area contributed by atoms with Gasteiger partial charge >= 0.3 is 5.69 Å². The molecule has 55 heavy (non-hydrogen) atoms. The largest absolute Gasteiger partial charge is 0.390 e. The van der Waals surface area contributed by atoms with Crippen LogP contribution in [0.4, 0.5) is 11.4 Å². The summed E-state index contributed by atoms with van der Waals surface area (Å²) in [5.74, 6) is -0.108. The number of amides is 2. The summed E-state index contributed by atoms with van der Waals surface area (Å²) in [4.78, 5) is 44.8. The minimum atomic E-state index is -1.10. The van der Waals surface area contributed by atoms with E-state index in [1.165, 1.54) is 0 Å². The number of nitrogens with one attached hydrogen (secondary N) is 4. The van der Waals surface area contributed by atoms with Crippen LogP contribution in [0.5, 0.6) is 0 Å². The van der Waals surface area contributed by atoms with E-state index in [2.05, 4.69) is 44.3 Å². The number of aliphatic hydroxyl groups is 2. The lowest BCUT2D eigenvalue weighted by Gasteiger charge is -2.41. The SMILES string of the molecule is C[C@@H]1CN(C2N=CC(Cl)=C(Nc3ccc4c(c3)n(CCC(C)(C)O)c(=O)n4CC(C)(C)O)N2)CC[C@H]1Nc1ccc2c(C3CCC(=O)NC3=O)nn(C)c2c1. The van der Waals surface area contributed by atoms with Gasteiger partial charge in [0.15, 0.2) is 6.29 Å². The van der Waals surface area contributed by atoms with Crippen molar-refractivity contribution in [1.82, 2.24) is 34.4 Å². The van der Waals surface area contributed by atoms with Crippen molar-refractivity contribution in [2.75, 3.05) is 23.7 Å². The Balaban J connectivity index is 1.02. The molecule has 4 aromatic rings. The van der Waals surface area contributed by atoms with Gasteiger partial charge in [0, 0.05) is 62.1 Å². The Labute approximate surface area is 324 Å². The Morgan fingerprint density at radius 1 is 0.964 bits per heavy atom. The minimum Gasteiger partial charge on any atom is -0.390 e. The number of imidazole rings is 1. The summed E-state index contributed by atoms with van der Waals surface area (Å²) in [6.07, 6.45) is 3.33. The van der Waals surface area contributed by atoms with E-state index in [9.17, 15) is 24.6 Å². The number of likely N-dealkylation sites (tertiary alicyclic amines) is 1. The number of fused-ring (bicyclic) bond motifs is 2. The van der Waals surface area contributed by atoms with E-state index in [4.69, 9.17) is 16.6 Å². The van der Waals surface area contributed by atoms with Crippen molar-refractivity contribution in [3.05, 3.63) is 63.4 Å². The molecular weight excluding hydrogens is 724 g/mol. The van der Waals surface area contributed by atoms with Crippen molar-refractivity contribution in [2.45, 2.75) is 103 Å². The van der Waals surface area contributed by atoms with Crippen LogP contribution < -0.4 is 27.0 Å². The quantitative estimate of drug-likeness (QED) is 0.123. The van der Waals surface area contributed by atoms with Gasteiger partial charge in [-0.2, -0.15) is 5.10 Å². The number of hydrogen-bond donors (Lipinski definition) is 6. The zero-order chi connectivity index (χ0) is 39.4. The van der Waals surface area contributed by atoms with Crippen molar-refractivity contribution in [2.24, 2.45) is 18.0 Å². The van der Waals surface area contributed by atoms with Crippen LogP contribution in [0.2, 0.25) is 0 Å². The van der Waals surface area contributed by atoms with Crippen LogP contribution in [0.1, 0.15) is 71.9 Å². The molecule has 6 N–H and O–H groups in total. The monoisotopic (exact) mass is 774 g/mol. The molecule has 2 aromatic carbocycles. The van der Waals surface area contributed by atoms with Gasteiger partial charge < -0.3 is 26.2 Å². The number of anilines is 2. The number of nitrogens with zero attached hydrogens (tertiary/aromatic N) is 6. The average Bonchev–Trinajstić information content (AvgIpc) is 3.56. The minimum absolute atomic E-state index is 0.124. The highest BCUT2D eigenvalue weighted by Crippen LogP contribution is 2.33. The van der Waals surface area contributed by atoms with Crippen LogP contribution in [0.15, 0.2) is 57.0 Å². The third kappa shape index (κ3) is 8.30. The molecule has 2 amide bonds. The second-order valence-electron chi connectivity index (χ2n) is 16.5. The number of aromatic nitrogens is 4. The maximum Gasteiger partial charge on any atom is 0.329 e. The molecule has 3 aliphatic rings. The van der Waals surface area contributed by atoms with Gasteiger partial charge in [0.2, 0.25) is 11.8 Å². The van der Waals surface area contributed by atoms with E-state index >= 15 is 0 Å². The van der Waals surface area contributed by atoms with Crippen molar-refractivity contribution in [3.63, 3.8) is 0 Å². The first-order chi connectivity index (χ1) is 25.9. The van der Waals surface area contributed by atoms with Crippen molar-refractivity contribution < 1.29 is 19.8 Å². The lowest BCUT2D eigenvalue weighted by Crippen LogP contribution is -2.54. The van der Waals surface area contributed by atoms with E-state index < -0.39 is 17.1 Å². The molecule has 294 valence electrons. The summed E-state index contributed by atoms with van der Waals surface area (Å²) in [7, 11) is 1.87. The highest BCUT2D eigenvalue weighted by molar-refractivity contribution is 6.40. The molecule has 0 saturated carbocycles. The van der Waals surface area contributed by atoms with Crippen LogP contribution in [0, 0.1) is 5.92 Å².